The van der Waals surface area contributed by atoms with Gasteiger partial charge in [0.15, 0.2) is 5.82 Å². The van der Waals surface area contributed by atoms with E-state index in [1.54, 1.807) is 12.4 Å². The molecule has 3 aromatic heterocycles. The Morgan fingerprint density at radius 2 is 1.72 bits per heavy atom. The molecule has 0 radical (unpaired) electrons. The standard InChI is InChI=1S/C26H25N5O/c32-26(28-13-10-19-8-11-27-12-9-19)24-14-22(18-31(24)17-20-6-7-20)23-15-29-25(30-16-23)21-4-2-1-3-5-21/h1-5,8-9,11-12,14-16,18,20H,6-7,10,13,17H2,(H,28,32). The zero-order chi connectivity index (χ0) is 21.8. The molecule has 0 aliphatic heterocycles. The van der Waals surface area contributed by atoms with Gasteiger partial charge in [0.2, 0.25) is 0 Å². The van der Waals surface area contributed by atoms with Crippen molar-refractivity contribution in [3.05, 3.63) is 90.8 Å². The van der Waals surface area contributed by atoms with Gasteiger partial charge in [0.05, 0.1) is 0 Å². The first kappa shape index (κ1) is 20.1. The van der Waals surface area contributed by atoms with E-state index in [1.807, 2.05) is 60.9 Å². The molecule has 1 aliphatic rings. The van der Waals surface area contributed by atoms with Crippen molar-refractivity contribution in [1.82, 2.24) is 24.8 Å². The Morgan fingerprint density at radius 1 is 0.969 bits per heavy atom. The minimum Gasteiger partial charge on any atom is -0.350 e. The van der Waals surface area contributed by atoms with Crippen LogP contribution in [0.25, 0.3) is 22.5 Å². The molecular formula is C26H25N5O. The number of amides is 1. The van der Waals surface area contributed by atoms with E-state index in [2.05, 4.69) is 31.0 Å². The van der Waals surface area contributed by atoms with Crippen molar-refractivity contribution in [2.24, 2.45) is 5.92 Å². The van der Waals surface area contributed by atoms with Crippen LogP contribution >= 0.6 is 0 Å². The van der Waals surface area contributed by atoms with Gasteiger partial charge in [0.1, 0.15) is 5.69 Å². The summed E-state index contributed by atoms with van der Waals surface area (Å²) in [6.45, 7) is 1.46. The largest absolute Gasteiger partial charge is 0.350 e. The lowest BCUT2D eigenvalue weighted by Crippen LogP contribution is -2.28. The maximum Gasteiger partial charge on any atom is 0.267 e. The minimum absolute atomic E-state index is 0.0484. The second kappa shape index (κ2) is 9.14. The van der Waals surface area contributed by atoms with Crippen LogP contribution in [0.1, 0.15) is 28.9 Å². The number of nitrogens with zero attached hydrogens (tertiary/aromatic N) is 4. The van der Waals surface area contributed by atoms with Crippen LogP contribution in [0, 0.1) is 5.92 Å². The molecule has 32 heavy (non-hydrogen) atoms. The quantitative estimate of drug-likeness (QED) is 0.456. The molecule has 0 unspecified atom stereocenters. The van der Waals surface area contributed by atoms with Crippen LogP contribution in [0.4, 0.5) is 0 Å². The van der Waals surface area contributed by atoms with E-state index in [0.717, 1.165) is 35.2 Å². The van der Waals surface area contributed by atoms with Crippen molar-refractivity contribution < 1.29 is 4.79 Å². The fraction of sp³-hybridized carbons (Fsp3) is 0.231. The molecule has 1 fully saturated rings. The normalized spacial score (nSPS) is 13.1. The van der Waals surface area contributed by atoms with Gasteiger partial charge in [-0.3, -0.25) is 9.78 Å². The average molecular weight is 424 g/mol. The van der Waals surface area contributed by atoms with Gasteiger partial charge in [0.25, 0.3) is 5.91 Å². The summed E-state index contributed by atoms with van der Waals surface area (Å²) in [6.07, 6.45) is 12.5. The number of aromatic nitrogens is 4. The molecule has 0 saturated heterocycles. The van der Waals surface area contributed by atoms with Crippen LogP contribution in [0.3, 0.4) is 0 Å². The Bertz CT molecular complexity index is 1180. The third kappa shape index (κ3) is 4.75. The van der Waals surface area contributed by atoms with Crippen LogP contribution in [0.5, 0.6) is 0 Å². The summed E-state index contributed by atoms with van der Waals surface area (Å²) in [5, 5.41) is 3.07. The fourth-order valence-corrected chi connectivity index (χ4v) is 3.76. The van der Waals surface area contributed by atoms with E-state index >= 15 is 0 Å². The number of hydrogen-bond acceptors (Lipinski definition) is 4. The third-order valence-electron chi connectivity index (χ3n) is 5.75. The molecule has 0 bridgehead atoms. The number of hydrogen-bond donors (Lipinski definition) is 1. The highest BCUT2D eigenvalue weighted by Crippen LogP contribution is 2.32. The molecule has 4 aromatic rings. The second-order valence-electron chi connectivity index (χ2n) is 8.23. The molecule has 1 aliphatic carbocycles. The molecule has 6 heteroatoms. The SMILES string of the molecule is O=C(NCCc1ccncc1)c1cc(-c2cnc(-c3ccccc3)nc2)cn1CC1CC1. The van der Waals surface area contributed by atoms with Crippen LogP contribution in [-0.2, 0) is 13.0 Å². The Balaban J connectivity index is 1.33. The molecule has 1 aromatic carbocycles. The maximum absolute atomic E-state index is 13.0. The highest BCUT2D eigenvalue weighted by Gasteiger charge is 2.24. The van der Waals surface area contributed by atoms with Gasteiger partial charge in [0, 0.05) is 60.8 Å². The molecule has 0 atom stereocenters. The van der Waals surface area contributed by atoms with Crippen LogP contribution < -0.4 is 5.32 Å². The number of rotatable bonds is 8. The average Bonchev–Trinajstić information content (AvgIpc) is 3.56. The Morgan fingerprint density at radius 3 is 2.44 bits per heavy atom. The predicted molar refractivity (Wildman–Crippen MR) is 124 cm³/mol. The predicted octanol–water partition coefficient (Wildman–Crippen LogP) is 4.39. The van der Waals surface area contributed by atoms with Crippen molar-refractivity contribution in [3.8, 4) is 22.5 Å². The lowest BCUT2D eigenvalue weighted by molar-refractivity contribution is 0.0944. The van der Waals surface area contributed by atoms with Crippen molar-refractivity contribution in [2.45, 2.75) is 25.8 Å². The summed E-state index contributed by atoms with van der Waals surface area (Å²) >= 11 is 0. The monoisotopic (exact) mass is 423 g/mol. The molecule has 160 valence electrons. The number of pyridine rings is 1. The molecule has 1 saturated carbocycles. The summed E-state index contributed by atoms with van der Waals surface area (Å²) in [5.74, 6) is 1.31. The van der Waals surface area contributed by atoms with Crippen molar-refractivity contribution in [3.63, 3.8) is 0 Å². The lowest BCUT2D eigenvalue weighted by Gasteiger charge is -2.09. The van der Waals surface area contributed by atoms with Gasteiger partial charge in [-0.05, 0) is 48.9 Å². The number of carbonyl (C=O) groups excluding carboxylic acids is 1. The van der Waals surface area contributed by atoms with Crippen molar-refractivity contribution in [1.29, 1.82) is 0 Å². The first-order chi connectivity index (χ1) is 15.8. The summed E-state index contributed by atoms with van der Waals surface area (Å²) in [4.78, 5) is 26.1. The summed E-state index contributed by atoms with van der Waals surface area (Å²) in [7, 11) is 0. The van der Waals surface area contributed by atoms with Crippen molar-refractivity contribution in [2.75, 3.05) is 6.54 Å². The first-order valence-electron chi connectivity index (χ1n) is 11.0. The molecule has 6 nitrogen and oxygen atoms in total. The Labute approximate surface area is 187 Å². The van der Waals surface area contributed by atoms with E-state index in [4.69, 9.17) is 0 Å². The van der Waals surface area contributed by atoms with E-state index in [-0.39, 0.29) is 5.91 Å². The second-order valence-corrected chi connectivity index (χ2v) is 8.23. The summed E-state index contributed by atoms with van der Waals surface area (Å²) < 4.78 is 2.08. The highest BCUT2D eigenvalue weighted by molar-refractivity contribution is 5.94. The molecule has 3 heterocycles. The van der Waals surface area contributed by atoms with Gasteiger partial charge < -0.3 is 9.88 Å². The Kier molecular flexibility index (Phi) is 5.75. The van der Waals surface area contributed by atoms with E-state index < -0.39 is 0 Å². The Hall–Kier alpha value is -3.80. The smallest absolute Gasteiger partial charge is 0.267 e. The number of carbonyl (C=O) groups is 1. The molecule has 5 rings (SSSR count). The first-order valence-corrected chi connectivity index (χ1v) is 11.0. The molecule has 1 amide bonds. The molecular weight excluding hydrogens is 398 g/mol. The third-order valence-corrected chi connectivity index (χ3v) is 5.75. The fourth-order valence-electron chi connectivity index (χ4n) is 3.76. The number of nitrogens with one attached hydrogen (secondary N) is 1. The maximum atomic E-state index is 13.0. The van der Waals surface area contributed by atoms with Crippen LogP contribution in [0.2, 0.25) is 0 Å². The summed E-state index contributed by atoms with van der Waals surface area (Å²) in [5.41, 5.74) is 4.70. The molecule has 0 spiro atoms. The van der Waals surface area contributed by atoms with Crippen molar-refractivity contribution >= 4 is 5.91 Å². The van der Waals surface area contributed by atoms with Gasteiger partial charge in [-0.15, -0.1) is 0 Å². The van der Waals surface area contributed by atoms with E-state index in [9.17, 15) is 4.79 Å². The van der Waals surface area contributed by atoms with Gasteiger partial charge in [-0.1, -0.05) is 30.3 Å². The zero-order valence-electron chi connectivity index (χ0n) is 17.8. The van der Waals surface area contributed by atoms with Gasteiger partial charge in [-0.2, -0.15) is 0 Å². The van der Waals surface area contributed by atoms with E-state index in [1.165, 1.54) is 12.8 Å². The highest BCUT2D eigenvalue weighted by atomic mass is 16.1. The van der Waals surface area contributed by atoms with Gasteiger partial charge in [-0.25, -0.2) is 9.97 Å². The lowest BCUT2D eigenvalue weighted by atomic mass is 10.1. The van der Waals surface area contributed by atoms with Gasteiger partial charge >= 0.3 is 0 Å². The van der Waals surface area contributed by atoms with E-state index in [0.29, 0.717) is 24.0 Å². The topological polar surface area (TPSA) is 72.7 Å². The summed E-state index contributed by atoms with van der Waals surface area (Å²) in [6, 6.07) is 15.8. The van der Waals surface area contributed by atoms with Crippen LogP contribution in [-0.4, -0.2) is 32.0 Å². The minimum atomic E-state index is -0.0484. The number of benzene rings is 1. The molecule has 1 N–H and O–H groups in total. The van der Waals surface area contributed by atoms with Crippen LogP contribution in [0.15, 0.2) is 79.5 Å². The zero-order valence-corrected chi connectivity index (χ0v) is 17.8.